The predicted molar refractivity (Wildman–Crippen MR) is 113 cm³/mol. The van der Waals surface area contributed by atoms with E-state index >= 15 is 0 Å². The lowest BCUT2D eigenvalue weighted by atomic mass is 9.90. The summed E-state index contributed by atoms with van der Waals surface area (Å²) in [6.07, 6.45) is 0.186. The van der Waals surface area contributed by atoms with Gasteiger partial charge in [0.15, 0.2) is 6.10 Å². The smallest absolute Gasteiger partial charge is 0.174 e. The van der Waals surface area contributed by atoms with E-state index in [2.05, 4.69) is 79.7 Å². The molecule has 2 unspecified atom stereocenters. The summed E-state index contributed by atoms with van der Waals surface area (Å²) in [7, 11) is 0. The minimum absolute atomic E-state index is 0.0255. The van der Waals surface area contributed by atoms with Gasteiger partial charge in [-0.15, -0.1) is 0 Å². The number of aryl methyl sites for hydroxylation is 1. The van der Waals surface area contributed by atoms with Crippen LogP contribution < -0.4 is 5.06 Å². The summed E-state index contributed by atoms with van der Waals surface area (Å²) in [5.74, 6) is 0. The molecule has 4 aromatic carbocycles. The molecule has 1 heterocycles. The third-order valence-corrected chi connectivity index (χ3v) is 5.51. The average Bonchev–Trinajstić information content (AvgIpc) is 3.16. The van der Waals surface area contributed by atoms with E-state index in [1.807, 2.05) is 17.2 Å². The van der Waals surface area contributed by atoms with Gasteiger partial charge >= 0.3 is 0 Å². The SMILES string of the molecule is Cc1cccc(N2OC(C#N)CC2c2c3ccccc3cc3ccccc23)c1. The van der Waals surface area contributed by atoms with E-state index in [1.54, 1.807) is 0 Å². The summed E-state index contributed by atoms with van der Waals surface area (Å²) in [6.45, 7) is 2.07. The highest BCUT2D eigenvalue weighted by Gasteiger charge is 2.36. The molecule has 4 aromatic rings. The molecule has 0 saturated carbocycles. The second-order valence-electron chi connectivity index (χ2n) is 7.37. The lowest BCUT2D eigenvalue weighted by Crippen LogP contribution is -2.22. The molecule has 0 aromatic heterocycles. The van der Waals surface area contributed by atoms with E-state index in [9.17, 15) is 5.26 Å². The van der Waals surface area contributed by atoms with Crippen molar-refractivity contribution in [3.63, 3.8) is 0 Å². The molecular weight excluding hydrogens is 344 g/mol. The van der Waals surface area contributed by atoms with Crippen molar-refractivity contribution in [1.82, 2.24) is 0 Å². The van der Waals surface area contributed by atoms with Crippen LogP contribution in [0.1, 0.15) is 23.6 Å². The number of nitrogens with zero attached hydrogens (tertiary/aromatic N) is 2. The molecule has 0 spiro atoms. The van der Waals surface area contributed by atoms with E-state index in [-0.39, 0.29) is 6.04 Å². The van der Waals surface area contributed by atoms with Gasteiger partial charge in [0.25, 0.3) is 0 Å². The van der Waals surface area contributed by atoms with Gasteiger partial charge in [0, 0.05) is 6.42 Å². The number of hydrogen-bond donors (Lipinski definition) is 0. The predicted octanol–water partition coefficient (Wildman–Crippen LogP) is 6.08. The zero-order valence-electron chi connectivity index (χ0n) is 15.7. The second kappa shape index (κ2) is 6.67. The summed E-state index contributed by atoms with van der Waals surface area (Å²) >= 11 is 0. The second-order valence-corrected chi connectivity index (χ2v) is 7.37. The van der Waals surface area contributed by atoms with Gasteiger partial charge in [0.2, 0.25) is 0 Å². The number of rotatable bonds is 2. The number of hydrogen-bond acceptors (Lipinski definition) is 3. The van der Waals surface area contributed by atoms with E-state index in [0.29, 0.717) is 6.42 Å². The minimum Gasteiger partial charge on any atom is -0.254 e. The summed E-state index contributed by atoms with van der Waals surface area (Å²) in [4.78, 5) is 6.09. The third kappa shape index (κ3) is 2.70. The summed E-state index contributed by atoms with van der Waals surface area (Å²) in [5.41, 5.74) is 3.38. The van der Waals surface area contributed by atoms with Crippen molar-refractivity contribution in [3.05, 3.63) is 90.0 Å². The number of anilines is 1. The first-order chi connectivity index (χ1) is 13.7. The lowest BCUT2D eigenvalue weighted by Gasteiger charge is -2.27. The van der Waals surface area contributed by atoms with E-state index < -0.39 is 6.10 Å². The van der Waals surface area contributed by atoms with Crippen LogP contribution in [0.2, 0.25) is 0 Å². The third-order valence-electron chi connectivity index (χ3n) is 5.51. The summed E-state index contributed by atoms with van der Waals surface area (Å²) in [5, 5.41) is 16.4. The quantitative estimate of drug-likeness (QED) is 0.405. The molecule has 0 aliphatic carbocycles. The Balaban J connectivity index is 1.78. The van der Waals surface area contributed by atoms with Crippen LogP contribution in [0.25, 0.3) is 21.5 Å². The van der Waals surface area contributed by atoms with Gasteiger partial charge in [0.05, 0.1) is 17.8 Å². The first-order valence-electron chi connectivity index (χ1n) is 9.57. The Labute approximate surface area is 164 Å². The molecule has 1 aliphatic heterocycles. The van der Waals surface area contributed by atoms with Crippen molar-refractivity contribution in [2.75, 3.05) is 5.06 Å². The van der Waals surface area contributed by atoms with Crippen LogP contribution in [0.3, 0.4) is 0 Å². The van der Waals surface area contributed by atoms with Gasteiger partial charge in [-0.2, -0.15) is 5.26 Å². The fourth-order valence-electron chi connectivity index (χ4n) is 4.28. The van der Waals surface area contributed by atoms with Crippen molar-refractivity contribution >= 4 is 27.2 Å². The molecular formula is C25H20N2O. The van der Waals surface area contributed by atoms with E-state index in [0.717, 1.165) is 5.69 Å². The van der Waals surface area contributed by atoms with Gasteiger partial charge in [-0.05, 0) is 57.8 Å². The van der Waals surface area contributed by atoms with E-state index in [1.165, 1.54) is 32.7 Å². The van der Waals surface area contributed by atoms with Crippen molar-refractivity contribution in [3.8, 4) is 6.07 Å². The average molecular weight is 364 g/mol. The van der Waals surface area contributed by atoms with Crippen LogP contribution in [0.5, 0.6) is 0 Å². The largest absolute Gasteiger partial charge is 0.254 e. The van der Waals surface area contributed by atoms with Gasteiger partial charge in [-0.25, -0.2) is 5.06 Å². The first-order valence-corrected chi connectivity index (χ1v) is 9.57. The lowest BCUT2D eigenvalue weighted by molar-refractivity contribution is 0.118. The van der Waals surface area contributed by atoms with Crippen molar-refractivity contribution < 1.29 is 4.84 Å². The Morgan fingerprint density at radius 1 is 0.893 bits per heavy atom. The molecule has 1 saturated heterocycles. The molecule has 1 fully saturated rings. The number of fused-ring (bicyclic) bond motifs is 2. The molecule has 28 heavy (non-hydrogen) atoms. The minimum atomic E-state index is -0.455. The Morgan fingerprint density at radius 2 is 1.57 bits per heavy atom. The van der Waals surface area contributed by atoms with Gasteiger partial charge in [0.1, 0.15) is 0 Å². The Morgan fingerprint density at radius 3 is 2.21 bits per heavy atom. The highest BCUT2D eigenvalue weighted by Crippen LogP contribution is 2.43. The fraction of sp³-hybridized carbons (Fsp3) is 0.160. The standard InChI is InChI=1S/C25H20N2O/c1-17-7-6-10-20(13-17)27-24(15-21(16-26)28-27)25-22-11-4-2-8-18(22)14-19-9-3-5-12-23(19)25/h2-14,21,24H,15H2,1H3. The number of hydroxylamine groups is 1. The molecule has 5 rings (SSSR count). The maximum absolute atomic E-state index is 9.57. The van der Waals surface area contributed by atoms with Crippen LogP contribution in [0.15, 0.2) is 78.9 Å². The topological polar surface area (TPSA) is 36.3 Å². The molecule has 3 heteroatoms. The Kier molecular flexibility index (Phi) is 4.00. The van der Waals surface area contributed by atoms with Crippen LogP contribution in [0.4, 0.5) is 5.69 Å². The zero-order valence-corrected chi connectivity index (χ0v) is 15.7. The highest BCUT2D eigenvalue weighted by atomic mass is 16.7. The molecule has 0 radical (unpaired) electrons. The van der Waals surface area contributed by atoms with Gasteiger partial charge in [-0.3, -0.25) is 4.84 Å². The van der Waals surface area contributed by atoms with Crippen molar-refractivity contribution in [2.24, 2.45) is 0 Å². The molecule has 136 valence electrons. The monoisotopic (exact) mass is 364 g/mol. The fourth-order valence-corrected chi connectivity index (χ4v) is 4.28. The van der Waals surface area contributed by atoms with Crippen LogP contribution in [-0.2, 0) is 4.84 Å². The number of nitriles is 1. The number of benzene rings is 4. The van der Waals surface area contributed by atoms with Gasteiger partial charge in [-0.1, -0.05) is 60.7 Å². The maximum atomic E-state index is 9.57. The molecule has 0 N–H and O–H groups in total. The summed E-state index contributed by atoms with van der Waals surface area (Å²) < 4.78 is 0. The Hall–Kier alpha value is -3.35. The normalized spacial score (nSPS) is 19.2. The molecule has 0 amide bonds. The van der Waals surface area contributed by atoms with Crippen LogP contribution in [-0.4, -0.2) is 6.10 Å². The van der Waals surface area contributed by atoms with Crippen LogP contribution >= 0.6 is 0 Å². The molecule has 2 atom stereocenters. The Bertz CT molecular complexity index is 1170. The molecule has 1 aliphatic rings. The van der Waals surface area contributed by atoms with E-state index in [4.69, 9.17) is 4.84 Å². The zero-order chi connectivity index (χ0) is 19.1. The highest BCUT2D eigenvalue weighted by molar-refractivity contribution is 6.03. The van der Waals surface area contributed by atoms with Crippen molar-refractivity contribution in [1.29, 1.82) is 5.26 Å². The van der Waals surface area contributed by atoms with Gasteiger partial charge < -0.3 is 0 Å². The maximum Gasteiger partial charge on any atom is 0.174 e. The van der Waals surface area contributed by atoms with Crippen molar-refractivity contribution in [2.45, 2.75) is 25.5 Å². The first kappa shape index (κ1) is 16.8. The molecule has 3 nitrogen and oxygen atoms in total. The molecule has 0 bridgehead atoms. The van der Waals surface area contributed by atoms with Crippen LogP contribution in [0, 0.1) is 18.3 Å². The summed E-state index contributed by atoms with van der Waals surface area (Å²) in [6, 6.07) is 29.7.